The highest BCUT2D eigenvalue weighted by Gasteiger charge is 2.39. The van der Waals surface area contributed by atoms with Crippen molar-refractivity contribution in [2.45, 2.75) is 44.8 Å². The van der Waals surface area contributed by atoms with Gasteiger partial charge in [-0.05, 0) is 84.9 Å². The largest absolute Gasteiger partial charge is 0.299 e. The first-order chi connectivity index (χ1) is 17.7. The number of rotatable bonds is 10. The quantitative estimate of drug-likeness (QED) is 0.271. The summed E-state index contributed by atoms with van der Waals surface area (Å²) in [6.07, 6.45) is 8.75. The zero-order valence-electron chi connectivity index (χ0n) is 20.9. The fourth-order valence-corrected chi connectivity index (χ4v) is 5.39. The van der Waals surface area contributed by atoms with E-state index < -0.39 is 0 Å². The maximum atomic E-state index is 12.0. The standard InChI is InChI=1S/C32H36N2O2/c35-32(33-36-24-28-7-3-1-4-8-28)16-15-25-11-13-27(14-12-25)23-34-19-17-26(18-20-34)21-30-22-31(30)29-9-5-2-6-10-29/h1-16,26,30-31H,17-24H2,(H,33,35)/b16-15+/t30-,31+/m1/s1. The second-order valence-electron chi connectivity index (χ2n) is 10.3. The predicted octanol–water partition coefficient (Wildman–Crippen LogP) is 6.35. The van der Waals surface area contributed by atoms with Crippen molar-refractivity contribution in [3.05, 3.63) is 113 Å². The van der Waals surface area contributed by atoms with Gasteiger partial charge < -0.3 is 0 Å². The molecule has 0 aromatic heterocycles. The van der Waals surface area contributed by atoms with Gasteiger partial charge in [-0.2, -0.15) is 0 Å². The van der Waals surface area contributed by atoms with E-state index in [9.17, 15) is 4.79 Å². The molecule has 1 amide bonds. The van der Waals surface area contributed by atoms with E-state index in [0.29, 0.717) is 6.61 Å². The molecule has 0 radical (unpaired) electrons. The van der Waals surface area contributed by atoms with Crippen LogP contribution in [0.2, 0.25) is 0 Å². The summed E-state index contributed by atoms with van der Waals surface area (Å²) in [4.78, 5) is 19.9. The van der Waals surface area contributed by atoms with E-state index in [2.05, 4.69) is 65.0 Å². The molecule has 2 aliphatic rings. The van der Waals surface area contributed by atoms with E-state index in [1.807, 2.05) is 36.4 Å². The number of nitrogens with zero attached hydrogens (tertiary/aromatic N) is 1. The molecule has 2 atom stereocenters. The molecule has 1 heterocycles. The van der Waals surface area contributed by atoms with Gasteiger partial charge in [0.15, 0.2) is 0 Å². The second kappa shape index (κ2) is 12.2. The Balaban J connectivity index is 0.994. The first-order valence-corrected chi connectivity index (χ1v) is 13.2. The summed E-state index contributed by atoms with van der Waals surface area (Å²) >= 11 is 0. The number of amides is 1. The predicted molar refractivity (Wildman–Crippen MR) is 145 cm³/mol. The minimum absolute atomic E-state index is 0.265. The minimum atomic E-state index is -0.265. The molecule has 5 rings (SSSR count). The first kappa shape index (κ1) is 24.5. The molecular formula is C32H36N2O2. The van der Waals surface area contributed by atoms with Gasteiger partial charge in [-0.25, -0.2) is 5.48 Å². The van der Waals surface area contributed by atoms with Crippen molar-refractivity contribution < 1.29 is 9.63 Å². The van der Waals surface area contributed by atoms with Crippen LogP contribution in [0.4, 0.5) is 0 Å². The summed E-state index contributed by atoms with van der Waals surface area (Å²) in [6, 6.07) is 29.3. The van der Waals surface area contributed by atoms with E-state index in [1.165, 1.54) is 56.0 Å². The first-order valence-electron chi connectivity index (χ1n) is 13.2. The van der Waals surface area contributed by atoms with Crippen LogP contribution in [-0.4, -0.2) is 23.9 Å². The van der Waals surface area contributed by atoms with Crippen LogP contribution in [0.25, 0.3) is 6.08 Å². The number of benzene rings is 3. The van der Waals surface area contributed by atoms with Crippen molar-refractivity contribution >= 4 is 12.0 Å². The summed E-state index contributed by atoms with van der Waals surface area (Å²) in [5.74, 6) is 2.33. The number of hydrogen-bond donors (Lipinski definition) is 1. The third kappa shape index (κ3) is 7.16. The molecule has 2 fully saturated rings. The maximum Gasteiger partial charge on any atom is 0.267 e. The van der Waals surface area contributed by atoms with E-state index in [1.54, 1.807) is 0 Å². The molecule has 0 unspecified atom stereocenters. The Morgan fingerprint density at radius 3 is 2.31 bits per heavy atom. The van der Waals surface area contributed by atoms with E-state index in [-0.39, 0.29) is 5.91 Å². The van der Waals surface area contributed by atoms with Gasteiger partial charge in [0.25, 0.3) is 5.91 Å². The Labute approximate surface area is 214 Å². The number of hydroxylamine groups is 1. The number of carbonyl (C=O) groups is 1. The molecule has 1 saturated heterocycles. The normalized spacial score (nSPS) is 20.4. The van der Waals surface area contributed by atoms with Crippen LogP contribution in [0, 0.1) is 11.8 Å². The Hall–Kier alpha value is -3.21. The molecule has 4 heteroatoms. The summed E-state index contributed by atoms with van der Waals surface area (Å²) in [5, 5.41) is 0. The van der Waals surface area contributed by atoms with Gasteiger partial charge in [0.2, 0.25) is 0 Å². The molecule has 36 heavy (non-hydrogen) atoms. The Kier molecular flexibility index (Phi) is 8.27. The number of piperidine rings is 1. The van der Waals surface area contributed by atoms with Gasteiger partial charge in [0, 0.05) is 12.6 Å². The van der Waals surface area contributed by atoms with E-state index in [4.69, 9.17) is 4.84 Å². The van der Waals surface area contributed by atoms with Crippen LogP contribution >= 0.6 is 0 Å². The molecule has 0 bridgehead atoms. The number of nitrogens with one attached hydrogen (secondary N) is 1. The van der Waals surface area contributed by atoms with Crippen molar-refractivity contribution in [1.82, 2.24) is 10.4 Å². The van der Waals surface area contributed by atoms with Crippen molar-refractivity contribution in [2.75, 3.05) is 13.1 Å². The second-order valence-corrected chi connectivity index (χ2v) is 10.3. The Morgan fingerprint density at radius 1 is 0.889 bits per heavy atom. The maximum absolute atomic E-state index is 12.0. The molecule has 1 aliphatic heterocycles. The lowest BCUT2D eigenvalue weighted by Gasteiger charge is -2.32. The fourth-order valence-electron chi connectivity index (χ4n) is 5.39. The van der Waals surface area contributed by atoms with Gasteiger partial charge in [-0.1, -0.05) is 84.9 Å². The molecule has 3 aromatic rings. The average Bonchev–Trinajstić information content (AvgIpc) is 3.70. The number of likely N-dealkylation sites (tertiary alicyclic amines) is 1. The molecule has 4 nitrogen and oxygen atoms in total. The SMILES string of the molecule is O=C(/C=C/c1ccc(CN2CCC(C[C@@H]3C[C@H]3c3ccccc3)CC2)cc1)NOCc1ccccc1. The van der Waals surface area contributed by atoms with Crippen LogP contribution in [0.1, 0.15) is 53.9 Å². The molecule has 1 N–H and O–H groups in total. The van der Waals surface area contributed by atoms with Gasteiger partial charge in [-0.3, -0.25) is 14.5 Å². The average molecular weight is 481 g/mol. The molecular weight excluding hydrogens is 444 g/mol. The molecule has 1 aliphatic carbocycles. The minimum Gasteiger partial charge on any atom is -0.299 e. The van der Waals surface area contributed by atoms with E-state index >= 15 is 0 Å². The summed E-state index contributed by atoms with van der Waals surface area (Å²) in [5.41, 5.74) is 7.35. The molecule has 1 saturated carbocycles. The molecule has 3 aromatic carbocycles. The highest BCUT2D eigenvalue weighted by atomic mass is 16.6. The van der Waals surface area contributed by atoms with Gasteiger partial charge in [-0.15, -0.1) is 0 Å². The lowest BCUT2D eigenvalue weighted by atomic mass is 9.90. The third-order valence-electron chi connectivity index (χ3n) is 7.56. The van der Waals surface area contributed by atoms with Crippen molar-refractivity contribution in [2.24, 2.45) is 11.8 Å². The van der Waals surface area contributed by atoms with Gasteiger partial charge in [0.1, 0.15) is 0 Å². The number of carbonyl (C=O) groups excluding carboxylic acids is 1. The van der Waals surface area contributed by atoms with E-state index in [0.717, 1.165) is 35.4 Å². The molecule has 186 valence electrons. The topological polar surface area (TPSA) is 41.6 Å². The monoisotopic (exact) mass is 480 g/mol. The van der Waals surface area contributed by atoms with Crippen LogP contribution in [0.15, 0.2) is 91.0 Å². The third-order valence-corrected chi connectivity index (χ3v) is 7.56. The lowest BCUT2D eigenvalue weighted by molar-refractivity contribution is -0.129. The highest BCUT2D eigenvalue weighted by molar-refractivity contribution is 5.90. The Bertz CT molecular complexity index is 1120. The van der Waals surface area contributed by atoms with Crippen molar-refractivity contribution in [3.8, 4) is 0 Å². The molecule has 0 spiro atoms. The van der Waals surface area contributed by atoms with Gasteiger partial charge >= 0.3 is 0 Å². The summed E-state index contributed by atoms with van der Waals surface area (Å²) < 4.78 is 0. The zero-order chi connectivity index (χ0) is 24.6. The van der Waals surface area contributed by atoms with Crippen LogP contribution in [0.3, 0.4) is 0 Å². The smallest absolute Gasteiger partial charge is 0.267 e. The van der Waals surface area contributed by atoms with Crippen molar-refractivity contribution in [3.63, 3.8) is 0 Å². The van der Waals surface area contributed by atoms with Gasteiger partial charge in [0.05, 0.1) is 6.61 Å². The summed E-state index contributed by atoms with van der Waals surface area (Å²) in [6.45, 7) is 3.73. The van der Waals surface area contributed by atoms with Crippen LogP contribution in [-0.2, 0) is 22.8 Å². The van der Waals surface area contributed by atoms with Crippen molar-refractivity contribution in [1.29, 1.82) is 0 Å². The highest BCUT2D eigenvalue weighted by Crippen LogP contribution is 2.51. The summed E-state index contributed by atoms with van der Waals surface area (Å²) in [7, 11) is 0. The Morgan fingerprint density at radius 2 is 1.58 bits per heavy atom. The lowest BCUT2D eigenvalue weighted by Crippen LogP contribution is -2.33. The fraction of sp³-hybridized carbons (Fsp3) is 0.344. The van der Waals surface area contributed by atoms with Crippen LogP contribution < -0.4 is 5.48 Å². The zero-order valence-corrected chi connectivity index (χ0v) is 20.9. The van der Waals surface area contributed by atoms with Crippen LogP contribution in [0.5, 0.6) is 0 Å². The number of hydrogen-bond acceptors (Lipinski definition) is 3.